The minimum Gasteiger partial charge on any atom is -0.496 e. The van der Waals surface area contributed by atoms with Gasteiger partial charge in [-0.2, -0.15) is 0 Å². The maximum atomic E-state index is 5.62. The molecule has 0 aliphatic heterocycles. The summed E-state index contributed by atoms with van der Waals surface area (Å²) in [5.41, 5.74) is 4.20. The van der Waals surface area contributed by atoms with E-state index >= 15 is 0 Å². The fraction of sp³-hybridized carbons (Fsp3) is 0.273. The van der Waals surface area contributed by atoms with Crippen molar-refractivity contribution in [2.24, 2.45) is 0 Å². The minimum absolute atomic E-state index is 0.429. The van der Waals surface area contributed by atoms with Gasteiger partial charge in [-0.05, 0) is 47.2 Å². The van der Waals surface area contributed by atoms with Crippen molar-refractivity contribution in [3.63, 3.8) is 0 Å². The van der Waals surface area contributed by atoms with Crippen LogP contribution in [0, 0.1) is 0 Å². The van der Waals surface area contributed by atoms with E-state index in [-0.39, 0.29) is 0 Å². The fourth-order valence-corrected chi connectivity index (χ4v) is 3.88. The quantitative estimate of drug-likeness (QED) is 0.730. The number of nitrogens with one attached hydrogen (secondary N) is 1. The topological polar surface area (TPSA) is 21.3 Å². The van der Waals surface area contributed by atoms with Crippen molar-refractivity contribution in [3.05, 3.63) is 77.4 Å². The molecular formula is C22H23NO. The van der Waals surface area contributed by atoms with Crippen molar-refractivity contribution in [1.82, 2.24) is 5.32 Å². The smallest absolute Gasteiger partial charge is 0.123 e. The Kier molecular flexibility index (Phi) is 4.22. The molecule has 4 rings (SSSR count). The van der Waals surface area contributed by atoms with Gasteiger partial charge >= 0.3 is 0 Å². The summed E-state index contributed by atoms with van der Waals surface area (Å²) in [6.45, 7) is 0.823. The van der Waals surface area contributed by atoms with Crippen molar-refractivity contribution >= 4 is 10.8 Å². The van der Waals surface area contributed by atoms with Crippen LogP contribution in [0.15, 0.2) is 60.7 Å². The van der Waals surface area contributed by atoms with Gasteiger partial charge in [0, 0.05) is 18.2 Å². The summed E-state index contributed by atoms with van der Waals surface area (Å²) in [7, 11) is 1.75. The summed E-state index contributed by atoms with van der Waals surface area (Å²) < 4.78 is 5.62. The predicted octanol–water partition coefficient (Wildman–Crippen LogP) is 5.02. The van der Waals surface area contributed by atoms with Crippen LogP contribution in [-0.2, 0) is 13.0 Å². The van der Waals surface area contributed by atoms with Gasteiger partial charge in [0.15, 0.2) is 0 Å². The molecule has 0 bridgehead atoms. The van der Waals surface area contributed by atoms with E-state index in [2.05, 4.69) is 66.0 Å². The number of ether oxygens (including phenoxy) is 1. The maximum Gasteiger partial charge on any atom is 0.123 e. The Morgan fingerprint density at radius 2 is 1.83 bits per heavy atom. The Balaban J connectivity index is 1.64. The molecule has 1 unspecified atom stereocenters. The second kappa shape index (κ2) is 6.66. The van der Waals surface area contributed by atoms with Crippen LogP contribution in [0.4, 0.5) is 0 Å². The largest absolute Gasteiger partial charge is 0.496 e. The standard InChI is InChI=1S/C22H23NO/c1-24-22-14-13-17-8-2-4-10-18(17)20(22)15-23-21-12-6-9-16-7-3-5-11-19(16)21/h2-5,7-8,10-11,13-14,21,23H,6,9,12,15H2,1H3. The van der Waals surface area contributed by atoms with Gasteiger partial charge in [0.05, 0.1) is 7.11 Å². The van der Waals surface area contributed by atoms with E-state index in [1.54, 1.807) is 7.11 Å². The van der Waals surface area contributed by atoms with Crippen LogP contribution in [0.5, 0.6) is 5.75 Å². The monoisotopic (exact) mass is 317 g/mol. The molecule has 3 aromatic rings. The second-order valence-corrected chi connectivity index (χ2v) is 6.49. The summed E-state index contributed by atoms with van der Waals surface area (Å²) in [6.07, 6.45) is 3.65. The molecule has 3 aromatic carbocycles. The average Bonchev–Trinajstić information content (AvgIpc) is 2.66. The molecule has 122 valence electrons. The summed E-state index contributed by atoms with van der Waals surface area (Å²) in [5, 5.41) is 6.32. The van der Waals surface area contributed by atoms with Gasteiger partial charge in [-0.25, -0.2) is 0 Å². The van der Waals surface area contributed by atoms with Crippen LogP contribution < -0.4 is 10.1 Å². The highest BCUT2D eigenvalue weighted by atomic mass is 16.5. The molecule has 0 amide bonds. The predicted molar refractivity (Wildman–Crippen MR) is 99.5 cm³/mol. The summed E-state index contributed by atoms with van der Waals surface area (Å²) in [5.74, 6) is 0.963. The molecule has 1 aliphatic rings. The minimum atomic E-state index is 0.429. The van der Waals surface area contributed by atoms with Crippen LogP contribution in [0.25, 0.3) is 10.8 Å². The van der Waals surface area contributed by atoms with E-state index in [1.165, 1.54) is 46.7 Å². The zero-order chi connectivity index (χ0) is 16.4. The molecule has 1 N–H and O–H groups in total. The number of fused-ring (bicyclic) bond motifs is 2. The molecule has 1 aliphatic carbocycles. The van der Waals surface area contributed by atoms with Crippen LogP contribution in [0.1, 0.15) is 35.6 Å². The second-order valence-electron chi connectivity index (χ2n) is 6.49. The van der Waals surface area contributed by atoms with Crippen LogP contribution in [0.2, 0.25) is 0 Å². The number of methoxy groups -OCH3 is 1. The molecule has 0 heterocycles. The third-order valence-electron chi connectivity index (χ3n) is 5.11. The number of rotatable bonds is 4. The van der Waals surface area contributed by atoms with Gasteiger partial charge in [0.1, 0.15) is 5.75 Å². The number of aryl methyl sites for hydroxylation is 1. The first kappa shape index (κ1) is 15.2. The molecule has 0 spiro atoms. The normalized spacial score (nSPS) is 16.8. The maximum absolute atomic E-state index is 5.62. The third kappa shape index (κ3) is 2.78. The molecule has 2 heteroatoms. The van der Waals surface area contributed by atoms with Gasteiger partial charge in [0.25, 0.3) is 0 Å². The van der Waals surface area contributed by atoms with Crippen LogP contribution in [-0.4, -0.2) is 7.11 Å². The first-order valence-electron chi connectivity index (χ1n) is 8.72. The molecule has 0 radical (unpaired) electrons. The zero-order valence-corrected chi connectivity index (χ0v) is 14.1. The van der Waals surface area contributed by atoms with E-state index in [9.17, 15) is 0 Å². The highest BCUT2D eigenvalue weighted by Crippen LogP contribution is 2.32. The van der Waals surface area contributed by atoms with E-state index < -0.39 is 0 Å². The van der Waals surface area contributed by atoms with E-state index in [4.69, 9.17) is 4.74 Å². The molecule has 1 atom stereocenters. The van der Waals surface area contributed by atoms with Crippen molar-refractivity contribution in [2.45, 2.75) is 31.8 Å². The SMILES string of the molecule is COc1ccc2ccccc2c1CNC1CCCc2ccccc21. The van der Waals surface area contributed by atoms with Gasteiger partial charge < -0.3 is 10.1 Å². The molecule has 2 nitrogen and oxygen atoms in total. The number of hydrogen-bond donors (Lipinski definition) is 1. The summed E-state index contributed by atoms with van der Waals surface area (Å²) in [4.78, 5) is 0. The lowest BCUT2D eigenvalue weighted by Gasteiger charge is -2.27. The van der Waals surface area contributed by atoms with E-state index in [1.807, 2.05) is 0 Å². The Labute approximate surface area is 143 Å². The summed E-state index contributed by atoms with van der Waals surface area (Å²) in [6, 6.07) is 22.0. The fourth-order valence-electron chi connectivity index (χ4n) is 3.88. The number of hydrogen-bond acceptors (Lipinski definition) is 2. The van der Waals surface area contributed by atoms with Gasteiger partial charge in [-0.15, -0.1) is 0 Å². The van der Waals surface area contributed by atoms with Crippen molar-refractivity contribution in [3.8, 4) is 5.75 Å². The van der Waals surface area contributed by atoms with Gasteiger partial charge in [0.2, 0.25) is 0 Å². The Hall–Kier alpha value is -2.32. The number of benzene rings is 3. The molecule has 0 aromatic heterocycles. The molecule has 0 saturated carbocycles. The summed E-state index contributed by atoms with van der Waals surface area (Å²) >= 11 is 0. The van der Waals surface area contributed by atoms with Crippen LogP contribution in [0.3, 0.4) is 0 Å². The Morgan fingerprint density at radius 1 is 1.00 bits per heavy atom. The molecule has 0 fully saturated rings. The first-order chi connectivity index (χ1) is 11.9. The Morgan fingerprint density at radius 3 is 2.75 bits per heavy atom. The lowest BCUT2D eigenvalue weighted by Crippen LogP contribution is -2.25. The zero-order valence-electron chi connectivity index (χ0n) is 14.1. The van der Waals surface area contributed by atoms with Gasteiger partial charge in [-0.3, -0.25) is 0 Å². The van der Waals surface area contributed by atoms with Crippen molar-refractivity contribution < 1.29 is 4.74 Å². The highest BCUT2D eigenvalue weighted by Gasteiger charge is 2.20. The lowest BCUT2D eigenvalue weighted by molar-refractivity contribution is 0.402. The molecular weight excluding hydrogens is 294 g/mol. The third-order valence-corrected chi connectivity index (χ3v) is 5.11. The van der Waals surface area contributed by atoms with Crippen molar-refractivity contribution in [2.75, 3.05) is 7.11 Å². The van der Waals surface area contributed by atoms with E-state index in [0.717, 1.165) is 12.3 Å². The first-order valence-corrected chi connectivity index (χ1v) is 8.72. The van der Waals surface area contributed by atoms with Crippen molar-refractivity contribution in [1.29, 1.82) is 0 Å². The average molecular weight is 317 g/mol. The van der Waals surface area contributed by atoms with Gasteiger partial charge in [-0.1, -0.05) is 54.6 Å². The molecule has 24 heavy (non-hydrogen) atoms. The van der Waals surface area contributed by atoms with Crippen LogP contribution >= 0.6 is 0 Å². The molecule has 0 saturated heterocycles. The van der Waals surface area contributed by atoms with E-state index in [0.29, 0.717) is 6.04 Å². The Bertz CT molecular complexity index is 855. The highest BCUT2D eigenvalue weighted by molar-refractivity contribution is 5.87. The lowest BCUT2D eigenvalue weighted by atomic mass is 9.87.